The number of amides is 1. The highest BCUT2D eigenvalue weighted by atomic mass is 32.1. The maximum atomic E-state index is 12.9. The molecular weight excluding hydrogens is 418 g/mol. The Hall–Kier alpha value is -3.48. The molecule has 2 unspecified atom stereocenters. The van der Waals surface area contributed by atoms with Gasteiger partial charge in [0.05, 0.1) is 41.0 Å². The molecule has 11 nitrogen and oxygen atoms in total. The van der Waals surface area contributed by atoms with E-state index < -0.39 is 0 Å². The van der Waals surface area contributed by atoms with Gasteiger partial charge in [-0.15, -0.1) is 16.1 Å². The first kappa shape index (κ1) is 19.5. The van der Waals surface area contributed by atoms with Crippen LogP contribution in [0.25, 0.3) is 16.0 Å². The summed E-state index contributed by atoms with van der Waals surface area (Å²) in [7, 11) is 0. The summed E-state index contributed by atoms with van der Waals surface area (Å²) in [5.74, 6) is 1.02. The molecule has 0 spiro atoms. The molecule has 4 aromatic heterocycles. The van der Waals surface area contributed by atoms with Crippen LogP contribution in [0.2, 0.25) is 0 Å². The fraction of sp³-hybridized carbons (Fsp3) is 0.263. The van der Waals surface area contributed by atoms with E-state index in [-0.39, 0.29) is 18.0 Å². The lowest BCUT2D eigenvalue weighted by Crippen LogP contribution is -2.47. The van der Waals surface area contributed by atoms with Crippen LogP contribution in [-0.4, -0.2) is 61.2 Å². The van der Waals surface area contributed by atoms with Crippen molar-refractivity contribution in [3.63, 3.8) is 0 Å². The molecule has 1 amide bonds. The summed E-state index contributed by atoms with van der Waals surface area (Å²) in [6.07, 6.45) is 5.60. The van der Waals surface area contributed by atoms with E-state index >= 15 is 0 Å². The number of fused-ring (bicyclic) bond motifs is 1. The third kappa shape index (κ3) is 4.08. The third-order valence-corrected chi connectivity index (χ3v) is 5.78. The Balaban J connectivity index is 1.37. The highest BCUT2D eigenvalue weighted by Crippen LogP contribution is 2.26. The molecule has 0 saturated carbocycles. The van der Waals surface area contributed by atoms with Crippen molar-refractivity contribution in [1.82, 2.24) is 29.9 Å². The van der Waals surface area contributed by atoms with Gasteiger partial charge in [0, 0.05) is 24.1 Å². The number of carbonyl (C=O) groups is 1. The van der Waals surface area contributed by atoms with Gasteiger partial charge in [0.25, 0.3) is 5.91 Å². The summed E-state index contributed by atoms with van der Waals surface area (Å²) >= 11 is 1.41. The molecule has 2 atom stereocenters. The number of nitrogens with one attached hydrogen (secondary N) is 2. The minimum absolute atomic E-state index is 0.0185. The van der Waals surface area contributed by atoms with Gasteiger partial charge in [-0.2, -0.15) is 10.2 Å². The van der Waals surface area contributed by atoms with E-state index in [2.05, 4.69) is 35.8 Å². The summed E-state index contributed by atoms with van der Waals surface area (Å²) in [5, 5.41) is 16.0. The topological polar surface area (TPSA) is 146 Å². The Morgan fingerprint density at radius 2 is 2.13 bits per heavy atom. The first-order chi connectivity index (χ1) is 15.2. The lowest BCUT2D eigenvalue weighted by atomic mass is 10.1. The molecule has 1 fully saturated rings. The Morgan fingerprint density at radius 1 is 1.26 bits per heavy atom. The summed E-state index contributed by atoms with van der Waals surface area (Å²) in [5.41, 5.74) is 7.13. The highest BCUT2D eigenvalue weighted by molar-refractivity contribution is 7.17. The molecule has 5 heterocycles. The molecular formula is C19H19N9O2S. The molecule has 158 valence electrons. The largest absolute Gasteiger partial charge is 0.380 e. The maximum Gasteiger partial charge on any atom is 0.259 e. The zero-order valence-corrected chi connectivity index (χ0v) is 17.1. The summed E-state index contributed by atoms with van der Waals surface area (Å²) < 4.78 is 6.19. The Kier molecular flexibility index (Phi) is 5.24. The SMILES string of the molecule is NC1COCCC1Nc1ncc2scc(C(=O)Nc3cccc(-n4nccn4)n3)c2n1. The van der Waals surface area contributed by atoms with Gasteiger partial charge >= 0.3 is 0 Å². The summed E-state index contributed by atoms with van der Waals surface area (Å²) in [6, 6.07) is 5.11. The average molecular weight is 437 g/mol. The van der Waals surface area contributed by atoms with Gasteiger partial charge < -0.3 is 21.1 Å². The molecule has 1 aliphatic heterocycles. The molecule has 4 aromatic rings. The molecule has 0 aliphatic carbocycles. The van der Waals surface area contributed by atoms with Crippen molar-refractivity contribution in [3.05, 3.63) is 47.7 Å². The highest BCUT2D eigenvalue weighted by Gasteiger charge is 2.23. The van der Waals surface area contributed by atoms with E-state index in [4.69, 9.17) is 10.5 Å². The minimum atomic E-state index is -0.309. The van der Waals surface area contributed by atoms with Crippen LogP contribution in [0, 0.1) is 0 Å². The smallest absolute Gasteiger partial charge is 0.259 e. The van der Waals surface area contributed by atoms with Crippen molar-refractivity contribution in [2.24, 2.45) is 5.73 Å². The van der Waals surface area contributed by atoms with E-state index in [9.17, 15) is 4.79 Å². The molecule has 0 radical (unpaired) electrons. The van der Waals surface area contributed by atoms with Gasteiger partial charge in [-0.1, -0.05) is 6.07 Å². The molecule has 0 bridgehead atoms. The molecule has 0 aromatic carbocycles. The lowest BCUT2D eigenvalue weighted by Gasteiger charge is -2.29. The van der Waals surface area contributed by atoms with E-state index in [1.807, 2.05) is 0 Å². The summed E-state index contributed by atoms with van der Waals surface area (Å²) in [6.45, 7) is 1.13. The predicted octanol–water partition coefficient (Wildman–Crippen LogP) is 1.45. The number of ether oxygens (including phenoxy) is 1. The van der Waals surface area contributed by atoms with Crippen molar-refractivity contribution in [2.75, 3.05) is 23.8 Å². The Labute approximate surface area is 180 Å². The van der Waals surface area contributed by atoms with E-state index in [1.54, 1.807) is 42.2 Å². The van der Waals surface area contributed by atoms with Gasteiger partial charge in [-0.25, -0.2) is 15.0 Å². The van der Waals surface area contributed by atoms with Crippen molar-refractivity contribution in [2.45, 2.75) is 18.5 Å². The van der Waals surface area contributed by atoms with Crippen LogP contribution < -0.4 is 16.4 Å². The Bertz CT molecular complexity index is 1210. The van der Waals surface area contributed by atoms with Gasteiger partial charge in [0.15, 0.2) is 5.82 Å². The zero-order chi connectivity index (χ0) is 21.2. The van der Waals surface area contributed by atoms with Crippen molar-refractivity contribution < 1.29 is 9.53 Å². The van der Waals surface area contributed by atoms with E-state index in [1.165, 1.54) is 16.1 Å². The molecule has 12 heteroatoms. The zero-order valence-electron chi connectivity index (χ0n) is 16.3. The van der Waals surface area contributed by atoms with Gasteiger partial charge in [-0.05, 0) is 18.6 Å². The Morgan fingerprint density at radius 3 is 2.97 bits per heavy atom. The minimum Gasteiger partial charge on any atom is -0.380 e. The maximum absolute atomic E-state index is 12.9. The lowest BCUT2D eigenvalue weighted by molar-refractivity contribution is 0.0751. The number of carbonyl (C=O) groups excluding carboxylic acids is 1. The molecule has 5 rings (SSSR count). The molecule has 1 aliphatic rings. The second-order valence-electron chi connectivity index (χ2n) is 6.99. The van der Waals surface area contributed by atoms with Crippen LogP contribution >= 0.6 is 11.3 Å². The van der Waals surface area contributed by atoms with Crippen LogP contribution in [-0.2, 0) is 4.74 Å². The number of anilines is 2. The normalized spacial score (nSPS) is 18.7. The number of thiophene rings is 1. The van der Waals surface area contributed by atoms with Gasteiger partial charge in [0.2, 0.25) is 5.95 Å². The molecule has 31 heavy (non-hydrogen) atoms. The van der Waals surface area contributed by atoms with Crippen molar-refractivity contribution >= 4 is 39.2 Å². The van der Waals surface area contributed by atoms with Crippen LogP contribution in [0.5, 0.6) is 0 Å². The number of hydrogen-bond donors (Lipinski definition) is 3. The fourth-order valence-corrected chi connectivity index (χ4v) is 4.13. The van der Waals surface area contributed by atoms with Gasteiger partial charge in [-0.3, -0.25) is 4.79 Å². The quantitative estimate of drug-likeness (QED) is 0.422. The number of rotatable bonds is 5. The van der Waals surface area contributed by atoms with Crippen LogP contribution in [0.1, 0.15) is 16.8 Å². The van der Waals surface area contributed by atoms with Crippen molar-refractivity contribution in [3.8, 4) is 5.82 Å². The third-order valence-electron chi connectivity index (χ3n) is 4.87. The number of aromatic nitrogens is 6. The second-order valence-corrected chi connectivity index (χ2v) is 7.90. The fourth-order valence-electron chi connectivity index (χ4n) is 3.29. The standard InChI is InChI=1S/C19H19N9O2S/c20-12-9-30-7-4-13(12)24-19-21-8-14-17(27-19)11(10-31-14)18(29)26-15-2-1-3-16(25-15)28-22-5-6-23-28/h1-3,5-6,8,10,12-13H,4,7,9,20H2,(H,21,24,27)(H,25,26,29). The first-order valence-electron chi connectivity index (χ1n) is 9.66. The summed E-state index contributed by atoms with van der Waals surface area (Å²) in [4.78, 5) is 27.6. The predicted molar refractivity (Wildman–Crippen MR) is 115 cm³/mol. The van der Waals surface area contributed by atoms with Crippen LogP contribution in [0.3, 0.4) is 0 Å². The van der Waals surface area contributed by atoms with Crippen LogP contribution in [0.15, 0.2) is 42.2 Å². The second kappa shape index (κ2) is 8.34. The number of nitrogens with two attached hydrogens (primary N) is 1. The monoisotopic (exact) mass is 437 g/mol. The van der Waals surface area contributed by atoms with E-state index in [0.717, 1.165) is 11.1 Å². The van der Waals surface area contributed by atoms with Crippen LogP contribution in [0.4, 0.5) is 11.8 Å². The average Bonchev–Trinajstić information content (AvgIpc) is 3.45. The van der Waals surface area contributed by atoms with E-state index in [0.29, 0.717) is 41.9 Å². The number of hydrogen-bond acceptors (Lipinski definition) is 10. The number of pyridine rings is 1. The first-order valence-corrected chi connectivity index (χ1v) is 10.5. The number of nitrogens with zero attached hydrogens (tertiary/aromatic N) is 6. The van der Waals surface area contributed by atoms with Crippen molar-refractivity contribution in [1.29, 1.82) is 0 Å². The molecule has 4 N–H and O–H groups in total. The molecule has 1 saturated heterocycles. The van der Waals surface area contributed by atoms with Gasteiger partial charge in [0.1, 0.15) is 5.82 Å².